The molecule has 5 aromatic rings. The number of nitrogens with zero attached hydrogens (tertiary/aromatic N) is 4. The summed E-state index contributed by atoms with van der Waals surface area (Å²) in [6.07, 6.45) is 3.01. The van der Waals surface area contributed by atoms with Crippen molar-refractivity contribution in [1.29, 1.82) is 0 Å². The standard InChI is InChI=1S/C38H36ClN5O3S/c1-43-15-17-44(18-16-43)35-21-25(12-14-40-35)27-19-28(36(34(39)20-27)48-37-26(23-45)7-6-13-41-37)22-42-38(46)47-24-33-31-10-4-2-8-29(31)30-9-3-5-11-32(30)33/h2-14,19-21,33,45H,15-18,22-24H2,1H3,(H,42,46). The number of nitrogens with one attached hydrogen (secondary N) is 1. The second kappa shape index (κ2) is 14.4. The summed E-state index contributed by atoms with van der Waals surface area (Å²) in [6.45, 7) is 4.06. The molecule has 7 rings (SSSR count). The zero-order valence-corrected chi connectivity index (χ0v) is 28.2. The molecule has 2 aliphatic rings. The van der Waals surface area contributed by atoms with Gasteiger partial charge < -0.3 is 25.0 Å². The van der Waals surface area contributed by atoms with Gasteiger partial charge in [-0.1, -0.05) is 78.0 Å². The number of pyridine rings is 2. The molecule has 0 radical (unpaired) electrons. The van der Waals surface area contributed by atoms with Crippen LogP contribution < -0.4 is 10.2 Å². The number of benzene rings is 3. The molecule has 3 heterocycles. The molecule has 1 aliphatic heterocycles. The van der Waals surface area contributed by atoms with Gasteiger partial charge in [0.2, 0.25) is 0 Å². The molecule has 244 valence electrons. The number of hydrogen-bond acceptors (Lipinski definition) is 8. The SMILES string of the molecule is CN1CCN(c2cc(-c3cc(Cl)c(Sc4ncccc4CO)c(CNC(=O)OCC4c5ccccc5-c5ccccc54)c3)ccn2)CC1. The minimum absolute atomic E-state index is 0.0331. The van der Waals surface area contributed by atoms with Crippen LogP contribution in [0.2, 0.25) is 5.02 Å². The first-order valence-electron chi connectivity index (χ1n) is 16.0. The Kier molecular flexibility index (Phi) is 9.63. The topological polar surface area (TPSA) is 90.8 Å². The average Bonchev–Trinajstić information content (AvgIpc) is 3.45. The van der Waals surface area contributed by atoms with E-state index < -0.39 is 6.09 Å². The molecule has 0 bridgehead atoms. The molecule has 2 N–H and O–H groups in total. The number of halogens is 1. The third-order valence-corrected chi connectivity index (χ3v) is 10.7. The van der Waals surface area contributed by atoms with E-state index in [4.69, 9.17) is 16.3 Å². The monoisotopic (exact) mass is 677 g/mol. The van der Waals surface area contributed by atoms with E-state index in [1.807, 2.05) is 54.7 Å². The summed E-state index contributed by atoms with van der Waals surface area (Å²) in [7, 11) is 2.13. The summed E-state index contributed by atoms with van der Waals surface area (Å²) in [6, 6.07) is 28.2. The van der Waals surface area contributed by atoms with Gasteiger partial charge in [-0.3, -0.25) is 0 Å². The van der Waals surface area contributed by atoms with Gasteiger partial charge in [-0.15, -0.1) is 0 Å². The number of carbonyl (C=O) groups excluding carboxylic acids is 1. The normalized spacial score (nSPS) is 14.4. The zero-order valence-electron chi connectivity index (χ0n) is 26.6. The van der Waals surface area contributed by atoms with Gasteiger partial charge in [0.05, 0.1) is 11.6 Å². The van der Waals surface area contributed by atoms with Gasteiger partial charge in [-0.05, 0) is 76.3 Å². The fourth-order valence-electron chi connectivity index (χ4n) is 6.42. The third kappa shape index (κ3) is 6.77. The maximum absolute atomic E-state index is 13.2. The summed E-state index contributed by atoms with van der Waals surface area (Å²) < 4.78 is 5.84. The molecule has 1 amide bonds. The molecule has 48 heavy (non-hydrogen) atoms. The Morgan fingerprint density at radius 2 is 1.62 bits per heavy atom. The van der Waals surface area contributed by atoms with E-state index in [1.165, 1.54) is 22.9 Å². The fraction of sp³-hybridized carbons (Fsp3) is 0.237. The maximum Gasteiger partial charge on any atom is 0.407 e. The first-order chi connectivity index (χ1) is 23.5. The van der Waals surface area contributed by atoms with E-state index in [2.05, 4.69) is 62.5 Å². The number of aliphatic hydroxyl groups excluding tert-OH is 1. The van der Waals surface area contributed by atoms with Crippen LogP contribution in [0.4, 0.5) is 10.6 Å². The second-order valence-electron chi connectivity index (χ2n) is 12.0. The van der Waals surface area contributed by atoms with Gasteiger partial charge in [0.15, 0.2) is 0 Å². The van der Waals surface area contributed by atoms with E-state index in [0.29, 0.717) is 15.6 Å². The van der Waals surface area contributed by atoms with Crippen molar-refractivity contribution in [2.75, 3.05) is 44.7 Å². The van der Waals surface area contributed by atoms with Gasteiger partial charge in [0, 0.05) is 61.5 Å². The summed E-state index contributed by atoms with van der Waals surface area (Å²) in [5.74, 6) is 0.892. The van der Waals surface area contributed by atoms with Crippen LogP contribution in [0.3, 0.4) is 0 Å². The van der Waals surface area contributed by atoms with Crippen LogP contribution in [0.15, 0.2) is 107 Å². The lowest BCUT2D eigenvalue weighted by atomic mass is 9.98. The summed E-state index contributed by atoms with van der Waals surface area (Å²) in [5.41, 5.74) is 8.08. The Hall–Kier alpha value is -4.41. The molecule has 2 aromatic heterocycles. The van der Waals surface area contributed by atoms with Crippen molar-refractivity contribution in [1.82, 2.24) is 20.2 Å². The number of aliphatic hydroxyl groups is 1. The minimum atomic E-state index is -0.510. The molecule has 3 aromatic carbocycles. The Balaban J connectivity index is 1.13. The number of piperazine rings is 1. The van der Waals surface area contributed by atoms with Crippen molar-refractivity contribution in [2.24, 2.45) is 0 Å². The zero-order chi connectivity index (χ0) is 33.0. The van der Waals surface area contributed by atoms with Gasteiger partial charge in [0.1, 0.15) is 17.5 Å². The van der Waals surface area contributed by atoms with Crippen molar-refractivity contribution in [2.45, 2.75) is 29.0 Å². The Bertz CT molecular complexity index is 1900. The number of alkyl carbamates (subject to hydrolysis) is 1. The van der Waals surface area contributed by atoms with Crippen molar-refractivity contribution in [3.8, 4) is 22.3 Å². The summed E-state index contributed by atoms with van der Waals surface area (Å²) in [4.78, 5) is 27.7. The summed E-state index contributed by atoms with van der Waals surface area (Å²) >= 11 is 8.38. The van der Waals surface area contributed by atoms with Crippen LogP contribution in [0.25, 0.3) is 22.3 Å². The van der Waals surface area contributed by atoms with Crippen LogP contribution in [-0.4, -0.2) is 65.9 Å². The Morgan fingerprint density at radius 1 is 0.896 bits per heavy atom. The highest BCUT2D eigenvalue weighted by Gasteiger charge is 2.29. The van der Waals surface area contributed by atoms with Crippen molar-refractivity contribution >= 4 is 35.3 Å². The average molecular weight is 678 g/mol. The number of fused-ring (bicyclic) bond motifs is 3. The van der Waals surface area contributed by atoms with Gasteiger partial charge in [-0.2, -0.15) is 0 Å². The highest BCUT2D eigenvalue weighted by atomic mass is 35.5. The van der Waals surface area contributed by atoms with E-state index >= 15 is 0 Å². The predicted octanol–water partition coefficient (Wildman–Crippen LogP) is 7.23. The van der Waals surface area contributed by atoms with E-state index in [1.54, 1.807) is 12.3 Å². The largest absolute Gasteiger partial charge is 0.449 e. The van der Waals surface area contributed by atoms with Crippen LogP contribution in [0.5, 0.6) is 0 Å². The quantitative estimate of drug-likeness (QED) is 0.169. The minimum Gasteiger partial charge on any atom is -0.449 e. The lowest BCUT2D eigenvalue weighted by Crippen LogP contribution is -2.44. The van der Waals surface area contributed by atoms with Crippen LogP contribution in [-0.2, 0) is 17.9 Å². The van der Waals surface area contributed by atoms with Crippen molar-refractivity contribution in [3.63, 3.8) is 0 Å². The number of carbonyl (C=O) groups is 1. The van der Waals surface area contributed by atoms with Crippen molar-refractivity contribution < 1.29 is 14.6 Å². The van der Waals surface area contributed by atoms with E-state index in [0.717, 1.165) is 64.7 Å². The van der Waals surface area contributed by atoms with Crippen LogP contribution >= 0.6 is 23.4 Å². The highest BCUT2D eigenvalue weighted by molar-refractivity contribution is 7.99. The van der Waals surface area contributed by atoms with Gasteiger partial charge in [0.25, 0.3) is 0 Å². The fourth-order valence-corrected chi connectivity index (χ4v) is 7.76. The maximum atomic E-state index is 13.2. The molecule has 0 atom stereocenters. The van der Waals surface area contributed by atoms with E-state index in [-0.39, 0.29) is 25.7 Å². The number of ether oxygens (including phenoxy) is 1. The highest BCUT2D eigenvalue weighted by Crippen LogP contribution is 2.45. The number of hydrogen-bond donors (Lipinski definition) is 2. The Morgan fingerprint density at radius 3 is 2.35 bits per heavy atom. The molecule has 1 aliphatic carbocycles. The molecule has 8 nitrogen and oxygen atoms in total. The molecule has 10 heteroatoms. The number of amides is 1. The van der Waals surface area contributed by atoms with Gasteiger partial charge >= 0.3 is 6.09 Å². The first-order valence-corrected chi connectivity index (χ1v) is 17.2. The predicted molar refractivity (Wildman–Crippen MR) is 191 cm³/mol. The first kappa shape index (κ1) is 32.2. The molecule has 0 spiro atoms. The number of anilines is 1. The second-order valence-corrected chi connectivity index (χ2v) is 13.5. The molecule has 1 saturated heterocycles. The van der Waals surface area contributed by atoms with Crippen LogP contribution in [0.1, 0.15) is 28.2 Å². The molecule has 0 unspecified atom stereocenters. The Labute approximate surface area is 289 Å². The van der Waals surface area contributed by atoms with E-state index in [9.17, 15) is 9.90 Å². The lowest BCUT2D eigenvalue weighted by Gasteiger charge is -2.33. The smallest absolute Gasteiger partial charge is 0.407 e. The molecular weight excluding hydrogens is 642 g/mol. The van der Waals surface area contributed by atoms with Gasteiger partial charge in [-0.25, -0.2) is 14.8 Å². The number of aromatic nitrogens is 2. The molecule has 1 fully saturated rings. The number of likely N-dealkylation sites (N-methyl/N-ethyl adjacent to an activating group) is 1. The molecular formula is C38H36ClN5O3S. The third-order valence-electron chi connectivity index (χ3n) is 9.01. The lowest BCUT2D eigenvalue weighted by molar-refractivity contribution is 0.142. The van der Waals surface area contributed by atoms with Crippen molar-refractivity contribution in [3.05, 3.63) is 125 Å². The van der Waals surface area contributed by atoms with Crippen LogP contribution in [0, 0.1) is 0 Å². The molecule has 0 saturated carbocycles. The number of rotatable bonds is 9. The summed E-state index contributed by atoms with van der Waals surface area (Å²) in [5, 5.41) is 14.1.